The Labute approximate surface area is 191 Å². The SMILES string of the molecule is CC1[C@H](c2ccccc2)[C@]1(NS(=O)(=O)c1ccc(-c2ccc3[nH]c(=O)sc3c2)s1)C(=O)O. The van der Waals surface area contributed by atoms with Gasteiger partial charge in [0, 0.05) is 10.8 Å². The molecule has 0 aliphatic heterocycles. The fourth-order valence-corrected chi connectivity index (χ4v) is 7.83. The number of aromatic nitrogens is 1. The minimum atomic E-state index is -4.07. The normalized spacial score (nSPS) is 22.8. The number of carboxylic acids is 1. The second-order valence-electron chi connectivity index (χ2n) is 7.80. The maximum absolute atomic E-state index is 13.2. The summed E-state index contributed by atoms with van der Waals surface area (Å²) in [4.78, 5) is 27.0. The van der Waals surface area contributed by atoms with E-state index in [9.17, 15) is 23.1 Å². The molecule has 1 saturated carbocycles. The van der Waals surface area contributed by atoms with Crippen molar-refractivity contribution < 1.29 is 18.3 Å². The standard InChI is InChI=1S/C22H18N2O5S3/c1-12-19(13-5-3-2-4-6-13)22(12,20(25)26)24-32(28,29)18-10-9-16(30-18)14-7-8-15-17(11-14)31-21(27)23-15/h2-12,19,24H,1H3,(H,23,27)(H,25,26)/t12?,19-,22+/m1/s1. The first-order valence-electron chi connectivity index (χ1n) is 9.78. The van der Waals surface area contributed by atoms with Gasteiger partial charge in [0.2, 0.25) is 0 Å². The van der Waals surface area contributed by atoms with Crippen LogP contribution in [0.15, 0.2) is 69.7 Å². The zero-order chi connectivity index (χ0) is 22.7. The number of thiophene rings is 1. The highest BCUT2D eigenvalue weighted by atomic mass is 32.2. The first kappa shape index (κ1) is 21.1. The van der Waals surface area contributed by atoms with Crippen molar-refractivity contribution in [2.75, 3.05) is 0 Å². The quantitative estimate of drug-likeness (QED) is 0.383. The van der Waals surface area contributed by atoms with Crippen molar-refractivity contribution in [3.05, 3.63) is 75.9 Å². The van der Waals surface area contributed by atoms with Crippen LogP contribution < -0.4 is 9.60 Å². The number of hydrogen-bond acceptors (Lipinski definition) is 6. The van der Waals surface area contributed by atoms with Crippen LogP contribution in [0, 0.1) is 5.92 Å². The maximum atomic E-state index is 13.2. The van der Waals surface area contributed by atoms with Gasteiger partial charge in [-0.2, -0.15) is 4.72 Å². The molecular weight excluding hydrogens is 468 g/mol. The summed E-state index contributed by atoms with van der Waals surface area (Å²) < 4.78 is 29.7. The van der Waals surface area contributed by atoms with Crippen LogP contribution in [0.2, 0.25) is 0 Å². The maximum Gasteiger partial charge on any atom is 0.325 e. The van der Waals surface area contributed by atoms with Crippen LogP contribution in [-0.4, -0.2) is 30.0 Å². The highest BCUT2D eigenvalue weighted by Gasteiger charge is 2.70. The van der Waals surface area contributed by atoms with Gasteiger partial charge < -0.3 is 10.1 Å². The molecule has 0 spiro atoms. The summed E-state index contributed by atoms with van der Waals surface area (Å²) in [6.45, 7) is 1.74. The zero-order valence-electron chi connectivity index (χ0n) is 16.7. The predicted molar refractivity (Wildman–Crippen MR) is 125 cm³/mol. The van der Waals surface area contributed by atoms with Gasteiger partial charge in [-0.15, -0.1) is 11.3 Å². The second kappa shape index (κ2) is 7.38. The lowest BCUT2D eigenvalue weighted by molar-refractivity contribution is -0.140. The van der Waals surface area contributed by atoms with Gasteiger partial charge in [0.15, 0.2) is 0 Å². The summed E-state index contributed by atoms with van der Waals surface area (Å²) >= 11 is 2.15. The first-order chi connectivity index (χ1) is 15.2. The van der Waals surface area contributed by atoms with E-state index < -0.39 is 33.4 Å². The summed E-state index contributed by atoms with van der Waals surface area (Å²) in [6.07, 6.45) is 0. The molecule has 2 aromatic heterocycles. The Hall–Kier alpha value is -2.79. The summed E-state index contributed by atoms with van der Waals surface area (Å²) in [5, 5.41) is 9.95. The number of rotatable bonds is 6. The molecule has 3 N–H and O–H groups in total. The van der Waals surface area contributed by atoms with Crippen molar-refractivity contribution in [2.45, 2.75) is 22.6 Å². The van der Waals surface area contributed by atoms with Crippen LogP contribution >= 0.6 is 22.7 Å². The van der Waals surface area contributed by atoms with Gasteiger partial charge >= 0.3 is 10.8 Å². The van der Waals surface area contributed by atoms with E-state index in [1.807, 2.05) is 42.5 Å². The van der Waals surface area contributed by atoms with Crippen LogP contribution in [0.5, 0.6) is 0 Å². The topological polar surface area (TPSA) is 116 Å². The third kappa shape index (κ3) is 3.30. The second-order valence-corrected chi connectivity index (χ2v) is 11.8. The molecule has 2 heterocycles. The average Bonchev–Trinajstić information content (AvgIpc) is 3.11. The molecule has 32 heavy (non-hydrogen) atoms. The van der Waals surface area contributed by atoms with Gasteiger partial charge in [0.1, 0.15) is 9.75 Å². The number of hydrogen-bond donors (Lipinski definition) is 3. The van der Waals surface area contributed by atoms with Gasteiger partial charge in [-0.25, -0.2) is 8.42 Å². The van der Waals surface area contributed by atoms with Crippen LogP contribution in [-0.2, 0) is 14.8 Å². The predicted octanol–water partition coefficient (Wildman–Crippen LogP) is 3.85. The van der Waals surface area contributed by atoms with E-state index in [1.165, 1.54) is 6.07 Å². The molecule has 1 aliphatic rings. The molecule has 4 aromatic rings. The van der Waals surface area contributed by atoms with Crippen molar-refractivity contribution >= 4 is 48.9 Å². The Bertz CT molecular complexity index is 1500. The molecule has 10 heteroatoms. The van der Waals surface area contributed by atoms with E-state index in [0.29, 0.717) is 4.88 Å². The van der Waals surface area contributed by atoms with Gasteiger partial charge in [-0.05, 0) is 41.3 Å². The lowest BCUT2D eigenvalue weighted by Gasteiger charge is -2.15. The lowest BCUT2D eigenvalue weighted by atomic mass is 10.1. The van der Waals surface area contributed by atoms with E-state index >= 15 is 0 Å². The summed E-state index contributed by atoms with van der Waals surface area (Å²) in [6, 6.07) is 17.7. The Kier molecular flexibility index (Phi) is 4.86. The summed E-state index contributed by atoms with van der Waals surface area (Å²) in [5.74, 6) is -2.03. The summed E-state index contributed by atoms with van der Waals surface area (Å²) in [5.41, 5.74) is 0.721. The minimum absolute atomic E-state index is 0.0430. The van der Waals surface area contributed by atoms with Crippen molar-refractivity contribution in [1.82, 2.24) is 9.71 Å². The average molecular weight is 487 g/mol. The fraction of sp³-hybridized carbons (Fsp3) is 0.182. The molecule has 0 bridgehead atoms. The van der Waals surface area contributed by atoms with E-state index in [0.717, 1.165) is 44.0 Å². The summed E-state index contributed by atoms with van der Waals surface area (Å²) in [7, 11) is -4.07. The van der Waals surface area contributed by atoms with E-state index in [4.69, 9.17) is 0 Å². The third-order valence-corrected chi connectivity index (χ3v) is 9.92. The molecule has 7 nitrogen and oxygen atoms in total. The third-order valence-electron chi connectivity index (χ3n) is 5.97. The van der Waals surface area contributed by atoms with Crippen molar-refractivity contribution in [2.24, 2.45) is 5.92 Å². The molecular formula is C22H18N2O5S3. The lowest BCUT2D eigenvalue weighted by Crippen LogP contribution is -2.45. The van der Waals surface area contributed by atoms with Crippen LogP contribution in [0.4, 0.5) is 0 Å². The molecule has 1 aliphatic carbocycles. The van der Waals surface area contributed by atoms with Crippen LogP contribution in [0.25, 0.3) is 20.7 Å². The smallest absolute Gasteiger partial charge is 0.325 e. The van der Waals surface area contributed by atoms with E-state index in [2.05, 4.69) is 9.71 Å². The highest BCUT2D eigenvalue weighted by molar-refractivity contribution is 7.91. The number of carbonyl (C=O) groups is 1. The van der Waals surface area contributed by atoms with Gasteiger partial charge in [-0.1, -0.05) is 54.7 Å². The Balaban J connectivity index is 1.46. The molecule has 1 fully saturated rings. The number of sulfonamides is 1. The van der Waals surface area contributed by atoms with Crippen LogP contribution in [0.1, 0.15) is 18.4 Å². The van der Waals surface area contributed by atoms with Crippen molar-refractivity contribution in [1.29, 1.82) is 0 Å². The molecule has 1 unspecified atom stereocenters. The molecule has 164 valence electrons. The van der Waals surface area contributed by atoms with Gasteiger partial charge in [0.25, 0.3) is 10.0 Å². The number of fused-ring (bicyclic) bond motifs is 1. The fourth-order valence-electron chi connectivity index (χ4n) is 4.29. The first-order valence-corrected chi connectivity index (χ1v) is 12.9. The molecule has 0 radical (unpaired) electrons. The largest absolute Gasteiger partial charge is 0.480 e. The molecule has 2 aromatic carbocycles. The van der Waals surface area contributed by atoms with E-state index in [-0.39, 0.29) is 9.08 Å². The number of thiazole rings is 1. The molecule has 5 rings (SSSR count). The zero-order valence-corrected chi connectivity index (χ0v) is 19.2. The van der Waals surface area contributed by atoms with Crippen LogP contribution in [0.3, 0.4) is 0 Å². The number of benzene rings is 2. The Morgan fingerprint density at radius 1 is 1.09 bits per heavy atom. The minimum Gasteiger partial charge on any atom is -0.480 e. The van der Waals surface area contributed by atoms with Crippen molar-refractivity contribution in [3.63, 3.8) is 0 Å². The number of carboxylic acid groups (broad SMARTS) is 1. The number of nitrogens with one attached hydrogen (secondary N) is 2. The molecule has 3 atom stereocenters. The molecule has 0 saturated heterocycles. The highest BCUT2D eigenvalue weighted by Crippen LogP contribution is 2.58. The van der Waals surface area contributed by atoms with Gasteiger partial charge in [0.05, 0.1) is 10.2 Å². The number of H-pyrrole nitrogens is 1. The van der Waals surface area contributed by atoms with Crippen molar-refractivity contribution in [3.8, 4) is 10.4 Å². The number of aromatic amines is 1. The van der Waals surface area contributed by atoms with E-state index in [1.54, 1.807) is 19.1 Å². The molecule has 0 amide bonds. The number of aliphatic carboxylic acids is 1. The monoisotopic (exact) mass is 486 g/mol. The Morgan fingerprint density at radius 3 is 2.56 bits per heavy atom. The Morgan fingerprint density at radius 2 is 1.84 bits per heavy atom. The van der Waals surface area contributed by atoms with Gasteiger partial charge in [-0.3, -0.25) is 9.59 Å².